The third-order valence-corrected chi connectivity index (χ3v) is 6.03. The molecular formula is C10H14OS2. The van der Waals surface area contributed by atoms with Gasteiger partial charge in [0.05, 0.1) is 0 Å². The molecule has 2 aliphatic rings. The van der Waals surface area contributed by atoms with Crippen molar-refractivity contribution in [1.29, 1.82) is 0 Å². The second kappa shape index (κ2) is 3.35. The van der Waals surface area contributed by atoms with Crippen LogP contribution in [0, 0.1) is 5.92 Å². The zero-order chi connectivity index (χ0) is 9.47. The highest BCUT2D eigenvalue weighted by molar-refractivity contribution is 8.03. The molecule has 0 saturated carbocycles. The second-order valence-electron chi connectivity index (χ2n) is 3.84. The molecule has 0 radical (unpaired) electrons. The summed E-state index contributed by atoms with van der Waals surface area (Å²) in [7, 11) is 0. The molecule has 0 N–H and O–H groups in total. The monoisotopic (exact) mass is 214 g/mol. The summed E-state index contributed by atoms with van der Waals surface area (Å²) in [5.74, 6) is 2.87. The van der Waals surface area contributed by atoms with Gasteiger partial charge in [-0.2, -0.15) is 23.5 Å². The maximum atomic E-state index is 11.6. The summed E-state index contributed by atoms with van der Waals surface area (Å²) in [5.41, 5.74) is 1.29. The van der Waals surface area contributed by atoms with Gasteiger partial charge in [0.1, 0.15) is 0 Å². The fraction of sp³-hybridized carbons (Fsp3) is 0.700. The van der Waals surface area contributed by atoms with Crippen molar-refractivity contribution in [2.45, 2.75) is 18.1 Å². The van der Waals surface area contributed by atoms with Crippen LogP contribution in [0.4, 0.5) is 0 Å². The quantitative estimate of drug-likeness (QED) is 0.667. The van der Waals surface area contributed by atoms with Gasteiger partial charge in [0.25, 0.3) is 0 Å². The Labute approximate surface area is 87.7 Å². The Hall–Kier alpha value is 0.110. The van der Waals surface area contributed by atoms with E-state index in [1.54, 1.807) is 0 Å². The molecule has 1 aliphatic heterocycles. The zero-order valence-electron chi connectivity index (χ0n) is 8.00. The Kier molecular flexibility index (Phi) is 2.49. The maximum absolute atomic E-state index is 11.6. The van der Waals surface area contributed by atoms with Crippen LogP contribution in [0.1, 0.15) is 13.3 Å². The van der Waals surface area contributed by atoms with E-state index in [9.17, 15) is 4.79 Å². The molecule has 1 heterocycles. The topological polar surface area (TPSA) is 17.1 Å². The van der Waals surface area contributed by atoms with Gasteiger partial charge >= 0.3 is 0 Å². The molecule has 1 nitrogen and oxygen atoms in total. The van der Waals surface area contributed by atoms with Gasteiger partial charge in [0.2, 0.25) is 0 Å². The number of fused-ring (bicyclic) bond motifs is 2. The van der Waals surface area contributed by atoms with Crippen LogP contribution in [0.5, 0.6) is 0 Å². The van der Waals surface area contributed by atoms with Crippen molar-refractivity contribution in [3.8, 4) is 0 Å². The van der Waals surface area contributed by atoms with Gasteiger partial charge in [-0.15, -0.1) is 0 Å². The lowest BCUT2D eigenvalue weighted by Gasteiger charge is -2.42. The molecule has 0 aromatic heterocycles. The number of carbonyl (C=O) groups excluding carboxylic acids is 1. The fourth-order valence-corrected chi connectivity index (χ4v) is 4.94. The summed E-state index contributed by atoms with van der Waals surface area (Å²) in [6.07, 6.45) is 5.11. The van der Waals surface area contributed by atoms with Gasteiger partial charge in [-0.1, -0.05) is 5.57 Å². The maximum Gasteiger partial charge on any atom is 0.159 e. The molecule has 1 aliphatic carbocycles. The van der Waals surface area contributed by atoms with E-state index in [2.05, 4.69) is 13.2 Å². The highest BCUT2D eigenvalue weighted by Gasteiger charge is 2.43. The molecule has 2 rings (SSSR count). The molecule has 0 aromatic rings. The predicted molar refractivity (Wildman–Crippen MR) is 60.4 cm³/mol. The summed E-state index contributed by atoms with van der Waals surface area (Å²) in [6.45, 7) is 2.11. The van der Waals surface area contributed by atoms with E-state index in [-0.39, 0.29) is 4.75 Å². The molecule has 2 unspecified atom stereocenters. The van der Waals surface area contributed by atoms with Gasteiger partial charge in [0, 0.05) is 22.2 Å². The Morgan fingerprint density at radius 2 is 2.46 bits per heavy atom. The second-order valence-corrected chi connectivity index (χ2v) is 6.06. The minimum Gasteiger partial charge on any atom is -0.295 e. The first-order valence-electron chi connectivity index (χ1n) is 4.53. The van der Waals surface area contributed by atoms with Crippen molar-refractivity contribution < 1.29 is 4.79 Å². The molecule has 13 heavy (non-hydrogen) atoms. The summed E-state index contributed by atoms with van der Waals surface area (Å²) in [6, 6.07) is 0. The molecule has 0 spiro atoms. The summed E-state index contributed by atoms with van der Waals surface area (Å²) in [5, 5.41) is 0. The Bertz CT molecular complexity index is 272. The number of rotatable bonds is 1. The average molecular weight is 214 g/mol. The standard InChI is InChI=1S/C10H14OS2/c1-7-3-9(11)8-4-10(7,12-2)6-13-5-8/h3,8H,4-6H2,1-2H3. The van der Waals surface area contributed by atoms with Gasteiger partial charge in [-0.3, -0.25) is 4.79 Å². The van der Waals surface area contributed by atoms with Crippen LogP contribution in [-0.4, -0.2) is 28.3 Å². The van der Waals surface area contributed by atoms with E-state index in [0.29, 0.717) is 11.7 Å². The van der Waals surface area contributed by atoms with E-state index in [0.717, 1.165) is 12.2 Å². The van der Waals surface area contributed by atoms with Crippen LogP contribution in [0.3, 0.4) is 0 Å². The van der Waals surface area contributed by atoms with E-state index in [1.807, 2.05) is 29.6 Å². The minimum absolute atomic E-state index is 0.279. The third kappa shape index (κ3) is 1.46. The zero-order valence-corrected chi connectivity index (χ0v) is 9.63. The lowest BCUT2D eigenvalue weighted by Crippen LogP contribution is -2.43. The highest BCUT2D eigenvalue weighted by Crippen LogP contribution is 2.47. The van der Waals surface area contributed by atoms with Gasteiger partial charge in [0.15, 0.2) is 5.78 Å². The van der Waals surface area contributed by atoms with Crippen molar-refractivity contribution in [3.63, 3.8) is 0 Å². The molecule has 3 heteroatoms. The van der Waals surface area contributed by atoms with E-state index < -0.39 is 0 Å². The molecule has 0 aromatic carbocycles. The lowest BCUT2D eigenvalue weighted by atomic mass is 9.81. The van der Waals surface area contributed by atoms with E-state index in [1.165, 1.54) is 11.3 Å². The number of ketones is 1. The summed E-state index contributed by atoms with van der Waals surface area (Å²) >= 11 is 3.85. The van der Waals surface area contributed by atoms with Gasteiger partial charge in [-0.05, 0) is 25.7 Å². The van der Waals surface area contributed by atoms with Crippen LogP contribution in [0.2, 0.25) is 0 Å². The predicted octanol–water partition coefficient (Wildman–Crippen LogP) is 2.37. The van der Waals surface area contributed by atoms with Crippen molar-refractivity contribution in [2.24, 2.45) is 5.92 Å². The molecule has 1 saturated heterocycles. The van der Waals surface area contributed by atoms with Crippen LogP contribution in [0.25, 0.3) is 0 Å². The minimum atomic E-state index is 0.279. The van der Waals surface area contributed by atoms with Crippen molar-refractivity contribution in [1.82, 2.24) is 0 Å². The van der Waals surface area contributed by atoms with E-state index in [4.69, 9.17) is 0 Å². The SMILES string of the molecule is CSC12CSCC(C1)C(=O)C=C2C. The van der Waals surface area contributed by atoms with Crippen LogP contribution in [0.15, 0.2) is 11.6 Å². The number of thioether (sulfide) groups is 2. The van der Waals surface area contributed by atoms with Crippen LogP contribution in [-0.2, 0) is 4.79 Å². The molecule has 72 valence electrons. The summed E-state index contributed by atoms with van der Waals surface area (Å²) < 4.78 is 0.279. The molecular weight excluding hydrogens is 200 g/mol. The Balaban J connectivity index is 2.37. The van der Waals surface area contributed by atoms with Crippen LogP contribution < -0.4 is 0 Å². The normalized spacial score (nSPS) is 38.8. The van der Waals surface area contributed by atoms with Crippen molar-refractivity contribution >= 4 is 29.3 Å². The Morgan fingerprint density at radius 3 is 3.15 bits per heavy atom. The van der Waals surface area contributed by atoms with Crippen LogP contribution >= 0.6 is 23.5 Å². The lowest BCUT2D eigenvalue weighted by molar-refractivity contribution is -0.118. The Morgan fingerprint density at radius 1 is 1.69 bits per heavy atom. The molecule has 2 bridgehead atoms. The molecule has 0 amide bonds. The largest absolute Gasteiger partial charge is 0.295 e. The number of hydrogen-bond donors (Lipinski definition) is 0. The van der Waals surface area contributed by atoms with E-state index >= 15 is 0 Å². The molecule has 1 fully saturated rings. The van der Waals surface area contributed by atoms with Gasteiger partial charge < -0.3 is 0 Å². The average Bonchev–Trinajstić information content (AvgIpc) is 2.16. The third-order valence-electron chi connectivity index (χ3n) is 3.10. The number of allylic oxidation sites excluding steroid dienone is 1. The highest BCUT2D eigenvalue weighted by atomic mass is 32.2. The molecule has 2 atom stereocenters. The van der Waals surface area contributed by atoms with Crippen molar-refractivity contribution in [3.05, 3.63) is 11.6 Å². The first-order chi connectivity index (χ1) is 6.18. The fourth-order valence-electron chi connectivity index (χ4n) is 2.11. The first-order valence-corrected chi connectivity index (χ1v) is 6.91. The van der Waals surface area contributed by atoms with Gasteiger partial charge in [-0.25, -0.2) is 0 Å². The number of carbonyl (C=O) groups is 1. The first kappa shape index (κ1) is 9.66. The summed E-state index contributed by atoms with van der Waals surface area (Å²) in [4.78, 5) is 11.6. The smallest absolute Gasteiger partial charge is 0.159 e. The van der Waals surface area contributed by atoms with Crippen molar-refractivity contribution in [2.75, 3.05) is 17.8 Å². The number of hydrogen-bond acceptors (Lipinski definition) is 3.